The number of primary amides is 1. The first-order chi connectivity index (χ1) is 17.8. The zero-order valence-corrected chi connectivity index (χ0v) is 26.3. The molecule has 0 aromatic heterocycles. The molecule has 0 aliphatic heterocycles. The number of carbonyl (C=O) groups excluding carboxylic acids is 1. The highest BCUT2D eigenvalue weighted by atomic mass is 28.3. The second-order valence-electron chi connectivity index (χ2n) is 11.9. The second-order valence-corrected chi connectivity index (χ2v) is 15.0. The Bertz CT molecular complexity index is 886. The number of hydrogen-bond acceptors (Lipinski definition) is 1. The van der Waals surface area contributed by atoms with Crippen LogP contribution in [0.4, 0.5) is 0 Å². The van der Waals surface area contributed by atoms with Crippen molar-refractivity contribution >= 4 is 19.9 Å². The summed E-state index contributed by atoms with van der Waals surface area (Å²) in [6.45, 7) is 13.6. The third-order valence-electron chi connectivity index (χ3n) is 9.52. The van der Waals surface area contributed by atoms with Gasteiger partial charge in [-0.25, -0.2) is 0 Å². The highest BCUT2D eigenvalue weighted by Crippen LogP contribution is 2.54. The maximum absolute atomic E-state index is 13.5. The van der Waals surface area contributed by atoms with E-state index in [0.29, 0.717) is 5.92 Å². The van der Waals surface area contributed by atoms with Gasteiger partial charge in [0.15, 0.2) is 0 Å². The van der Waals surface area contributed by atoms with Crippen LogP contribution in [0.15, 0.2) is 52.6 Å². The van der Waals surface area contributed by atoms with Gasteiger partial charge >= 0.3 is 0 Å². The van der Waals surface area contributed by atoms with Gasteiger partial charge in [-0.3, -0.25) is 4.79 Å². The van der Waals surface area contributed by atoms with Crippen molar-refractivity contribution in [2.45, 2.75) is 143 Å². The maximum atomic E-state index is 13.5. The highest BCUT2D eigenvalue weighted by Gasteiger charge is 2.50. The van der Waals surface area contributed by atoms with Gasteiger partial charge in [0.05, 0.1) is 13.8 Å². The number of benzene rings is 1. The predicted molar refractivity (Wildman–Crippen MR) is 166 cm³/mol. The summed E-state index contributed by atoms with van der Waals surface area (Å²) in [4.78, 5) is 13.5. The Morgan fingerprint density at radius 1 is 0.784 bits per heavy atom. The minimum absolute atomic E-state index is 0.0890. The number of carbonyl (C=O) groups is 1. The number of nitrogens with two attached hydrogens (primary N) is 1. The lowest BCUT2D eigenvalue weighted by atomic mass is 9.82. The minimum atomic E-state index is -1.70. The molecular formula is C34H57NOSi. The highest BCUT2D eigenvalue weighted by molar-refractivity contribution is 6.79. The Balaban J connectivity index is 1.93. The summed E-state index contributed by atoms with van der Waals surface area (Å²) in [5.41, 5.74) is 11.8. The molecule has 0 saturated carbocycles. The summed E-state index contributed by atoms with van der Waals surface area (Å²) in [7, 11) is -1.70. The van der Waals surface area contributed by atoms with Crippen LogP contribution in [0.1, 0.15) is 131 Å². The second kappa shape index (κ2) is 16.4. The van der Waals surface area contributed by atoms with E-state index in [-0.39, 0.29) is 5.91 Å². The fourth-order valence-electron chi connectivity index (χ4n) is 6.76. The number of rotatable bonds is 19. The van der Waals surface area contributed by atoms with Crippen LogP contribution in [0.3, 0.4) is 0 Å². The molecule has 3 unspecified atom stereocenters. The van der Waals surface area contributed by atoms with Crippen molar-refractivity contribution in [3.63, 3.8) is 0 Å². The Morgan fingerprint density at radius 2 is 1.24 bits per heavy atom. The Hall–Kier alpha value is -1.61. The van der Waals surface area contributed by atoms with Gasteiger partial charge in [0.1, 0.15) is 0 Å². The van der Waals surface area contributed by atoms with Gasteiger partial charge in [0, 0.05) is 0 Å². The molecule has 1 aromatic rings. The molecule has 0 fully saturated rings. The Kier molecular flexibility index (Phi) is 14.0. The molecule has 1 amide bonds. The van der Waals surface area contributed by atoms with Crippen molar-refractivity contribution in [1.29, 1.82) is 0 Å². The fraction of sp³-hybridized carbons (Fsp3) is 0.676. The Morgan fingerprint density at radius 3 is 1.65 bits per heavy atom. The molecule has 0 radical (unpaired) electrons. The molecule has 2 nitrogen and oxygen atoms in total. The molecule has 0 spiro atoms. The summed E-state index contributed by atoms with van der Waals surface area (Å²) in [5, 5.41) is 0.849. The lowest BCUT2D eigenvalue weighted by Crippen LogP contribution is -2.50. The van der Waals surface area contributed by atoms with Gasteiger partial charge in [-0.1, -0.05) is 151 Å². The zero-order chi connectivity index (χ0) is 27.3. The Labute approximate surface area is 231 Å². The van der Waals surface area contributed by atoms with E-state index in [2.05, 4.69) is 71.5 Å². The lowest BCUT2D eigenvalue weighted by molar-refractivity contribution is -0.120. The van der Waals surface area contributed by atoms with Crippen LogP contribution in [0, 0.1) is 5.92 Å². The minimum Gasteiger partial charge on any atom is -0.369 e. The van der Waals surface area contributed by atoms with E-state index in [1.165, 1.54) is 111 Å². The first kappa shape index (κ1) is 31.6. The number of hydrogen-bond donors (Lipinski definition) is 1. The van der Waals surface area contributed by atoms with E-state index in [1.807, 2.05) is 0 Å². The molecule has 1 aliphatic carbocycles. The number of allylic oxidation sites excluding steroid dienone is 3. The van der Waals surface area contributed by atoms with Gasteiger partial charge in [-0.2, -0.15) is 0 Å². The van der Waals surface area contributed by atoms with Crippen molar-refractivity contribution in [2.24, 2.45) is 11.7 Å². The van der Waals surface area contributed by atoms with E-state index in [9.17, 15) is 4.79 Å². The topological polar surface area (TPSA) is 43.1 Å². The SMILES string of the molecule is CCCCCCCCCCCCCCCCC(C(N)=O)(C1=C(C)C(C)=C(C)C1C)[SiH](C)c1ccccc1. The summed E-state index contributed by atoms with van der Waals surface area (Å²) in [6.07, 6.45) is 19.8. The molecule has 3 heteroatoms. The van der Waals surface area contributed by atoms with Crippen molar-refractivity contribution in [1.82, 2.24) is 0 Å². The molecule has 2 rings (SSSR count). The molecule has 2 N–H and O–H groups in total. The largest absolute Gasteiger partial charge is 0.369 e. The zero-order valence-electron chi connectivity index (χ0n) is 25.1. The average molecular weight is 524 g/mol. The van der Waals surface area contributed by atoms with Gasteiger partial charge in [-0.05, 0) is 49.8 Å². The first-order valence-corrected chi connectivity index (χ1v) is 17.8. The number of unbranched alkanes of at least 4 members (excludes halogenated alkanes) is 13. The fourth-order valence-corrected chi connectivity index (χ4v) is 10.1. The summed E-state index contributed by atoms with van der Waals surface area (Å²) < 4.78 is 0. The van der Waals surface area contributed by atoms with E-state index < -0.39 is 13.8 Å². The van der Waals surface area contributed by atoms with Crippen LogP contribution in [0.25, 0.3) is 0 Å². The van der Waals surface area contributed by atoms with Crippen molar-refractivity contribution < 1.29 is 4.79 Å². The lowest BCUT2D eigenvalue weighted by Gasteiger charge is -2.40. The van der Waals surface area contributed by atoms with Crippen LogP contribution in [0.5, 0.6) is 0 Å². The third-order valence-corrected chi connectivity index (χ3v) is 13.3. The predicted octanol–water partition coefficient (Wildman–Crippen LogP) is 9.15. The normalized spacial score (nSPS) is 18.4. The van der Waals surface area contributed by atoms with Crippen LogP contribution >= 0.6 is 0 Å². The van der Waals surface area contributed by atoms with E-state index >= 15 is 0 Å². The molecule has 0 saturated heterocycles. The quantitative estimate of drug-likeness (QED) is 0.142. The van der Waals surface area contributed by atoms with Crippen molar-refractivity contribution in [3.05, 3.63) is 52.6 Å². The smallest absolute Gasteiger partial charge is 0.224 e. The summed E-state index contributed by atoms with van der Waals surface area (Å²) in [6, 6.07) is 10.8. The standard InChI is InChI=1S/C34H57NOSi/c1-7-8-9-10-11-12-13-14-15-16-17-18-19-23-26-34(33(35)36,37(6)31-24-21-20-22-25-31)32-29(4)27(2)28(3)30(32)5/h20-22,24-25,29,37H,7-19,23,26H2,1-6H3,(H2,35,36). The average Bonchev–Trinajstić information content (AvgIpc) is 3.09. The van der Waals surface area contributed by atoms with Crippen LogP contribution in [-0.2, 0) is 4.79 Å². The van der Waals surface area contributed by atoms with E-state index in [4.69, 9.17) is 5.73 Å². The molecular weight excluding hydrogens is 466 g/mol. The first-order valence-electron chi connectivity index (χ1n) is 15.5. The monoisotopic (exact) mass is 523 g/mol. The summed E-state index contributed by atoms with van der Waals surface area (Å²) >= 11 is 0. The van der Waals surface area contributed by atoms with Crippen LogP contribution in [0.2, 0.25) is 11.6 Å². The van der Waals surface area contributed by atoms with Crippen molar-refractivity contribution in [2.75, 3.05) is 0 Å². The molecule has 1 aromatic carbocycles. The van der Waals surface area contributed by atoms with E-state index in [1.54, 1.807) is 0 Å². The number of amides is 1. The molecule has 0 heterocycles. The van der Waals surface area contributed by atoms with Gasteiger partial charge in [-0.15, -0.1) is 0 Å². The van der Waals surface area contributed by atoms with Crippen LogP contribution < -0.4 is 10.9 Å². The van der Waals surface area contributed by atoms with Gasteiger partial charge in [0.2, 0.25) is 5.91 Å². The van der Waals surface area contributed by atoms with Gasteiger partial charge < -0.3 is 5.73 Å². The maximum Gasteiger partial charge on any atom is 0.224 e. The third kappa shape index (κ3) is 8.44. The summed E-state index contributed by atoms with van der Waals surface area (Å²) in [5.74, 6) is 0.215. The molecule has 208 valence electrons. The van der Waals surface area contributed by atoms with E-state index in [0.717, 1.165) is 12.8 Å². The van der Waals surface area contributed by atoms with Crippen LogP contribution in [-0.4, -0.2) is 14.7 Å². The molecule has 3 atom stereocenters. The molecule has 0 bridgehead atoms. The molecule has 37 heavy (non-hydrogen) atoms. The van der Waals surface area contributed by atoms with Gasteiger partial charge in [0.25, 0.3) is 0 Å². The van der Waals surface area contributed by atoms with Crippen molar-refractivity contribution in [3.8, 4) is 0 Å². The molecule has 1 aliphatic rings.